The predicted molar refractivity (Wildman–Crippen MR) is 115 cm³/mol. The molecule has 146 valence electrons. The molecule has 0 N–H and O–H groups in total. The highest BCUT2D eigenvalue weighted by molar-refractivity contribution is 7.98. The van der Waals surface area contributed by atoms with Gasteiger partial charge in [0.15, 0.2) is 11.0 Å². The largest absolute Gasteiger partial charge is 0.338 e. The van der Waals surface area contributed by atoms with Crippen LogP contribution in [0, 0.1) is 6.92 Å². The fourth-order valence-corrected chi connectivity index (χ4v) is 3.75. The Balaban J connectivity index is 1.53. The van der Waals surface area contributed by atoms with Crippen LogP contribution in [0.2, 0.25) is 5.02 Å². The molecule has 0 fully saturated rings. The number of nitrogens with zero attached hydrogens (tertiary/aromatic N) is 5. The Morgan fingerprint density at radius 1 is 1.14 bits per heavy atom. The van der Waals surface area contributed by atoms with E-state index in [0.29, 0.717) is 29.0 Å². The van der Waals surface area contributed by atoms with Gasteiger partial charge in [0, 0.05) is 22.7 Å². The van der Waals surface area contributed by atoms with Crippen LogP contribution < -0.4 is 0 Å². The molecule has 0 radical (unpaired) electrons. The van der Waals surface area contributed by atoms with Crippen LogP contribution in [0.15, 0.2) is 70.9 Å². The zero-order chi connectivity index (χ0) is 20.2. The second-order valence-corrected chi connectivity index (χ2v) is 7.76. The van der Waals surface area contributed by atoms with Crippen molar-refractivity contribution in [3.63, 3.8) is 0 Å². The monoisotopic (exact) mass is 423 g/mol. The summed E-state index contributed by atoms with van der Waals surface area (Å²) in [6.07, 6.45) is 1.81. The van der Waals surface area contributed by atoms with E-state index < -0.39 is 0 Å². The second-order valence-electron chi connectivity index (χ2n) is 6.38. The van der Waals surface area contributed by atoms with Crippen molar-refractivity contribution >= 4 is 23.4 Å². The van der Waals surface area contributed by atoms with Gasteiger partial charge in [-0.05, 0) is 37.3 Å². The van der Waals surface area contributed by atoms with Crippen molar-refractivity contribution in [2.45, 2.75) is 24.4 Å². The number of benzene rings is 2. The Hall–Kier alpha value is -2.90. The van der Waals surface area contributed by atoms with E-state index >= 15 is 0 Å². The topological polar surface area (TPSA) is 69.6 Å². The summed E-state index contributed by atoms with van der Waals surface area (Å²) in [5, 5.41) is 14.2. The minimum atomic E-state index is 0.495. The average Bonchev–Trinajstić information content (AvgIpc) is 3.35. The quantitative estimate of drug-likeness (QED) is 0.291. The number of hydrogen-bond acceptors (Lipinski definition) is 6. The summed E-state index contributed by atoms with van der Waals surface area (Å²) >= 11 is 7.48. The molecular weight excluding hydrogens is 406 g/mol. The van der Waals surface area contributed by atoms with Crippen LogP contribution in [0.4, 0.5) is 0 Å². The number of aryl methyl sites for hydroxylation is 1. The molecule has 4 rings (SSSR count). The summed E-state index contributed by atoms with van der Waals surface area (Å²) in [4.78, 5) is 4.50. The van der Waals surface area contributed by atoms with E-state index in [1.807, 2.05) is 66.1 Å². The van der Waals surface area contributed by atoms with E-state index in [0.717, 1.165) is 27.7 Å². The zero-order valence-electron chi connectivity index (χ0n) is 15.7. The van der Waals surface area contributed by atoms with Crippen LogP contribution >= 0.6 is 23.4 Å². The van der Waals surface area contributed by atoms with Crippen molar-refractivity contribution in [1.82, 2.24) is 24.9 Å². The molecule has 0 bridgehead atoms. The highest BCUT2D eigenvalue weighted by Gasteiger charge is 2.16. The first kappa shape index (κ1) is 19.4. The number of halogens is 1. The van der Waals surface area contributed by atoms with Crippen LogP contribution in [-0.4, -0.2) is 24.9 Å². The van der Waals surface area contributed by atoms with Gasteiger partial charge in [0.2, 0.25) is 11.7 Å². The van der Waals surface area contributed by atoms with Gasteiger partial charge in [-0.25, -0.2) is 0 Å². The van der Waals surface area contributed by atoms with Gasteiger partial charge in [0.25, 0.3) is 0 Å². The van der Waals surface area contributed by atoms with E-state index in [1.54, 1.807) is 0 Å². The Kier molecular flexibility index (Phi) is 5.78. The normalized spacial score (nSPS) is 11.0. The van der Waals surface area contributed by atoms with Gasteiger partial charge in [-0.1, -0.05) is 58.4 Å². The fraction of sp³-hybridized carbons (Fsp3) is 0.143. The Labute approximate surface area is 177 Å². The maximum atomic E-state index is 5.99. The number of allylic oxidation sites excluding steroid dienone is 1. The second kappa shape index (κ2) is 8.63. The van der Waals surface area contributed by atoms with Crippen molar-refractivity contribution in [2.75, 3.05) is 0 Å². The molecule has 0 aliphatic carbocycles. The van der Waals surface area contributed by atoms with Gasteiger partial charge in [-0.2, -0.15) is 4.98 Å². The van der Waals surface area contributed by atoms with Crippen LogP contribution in [-0.2, 0) is 12.3 Å². The maximum Gasteiger partial charge on any atom is 0.237 e. The molecule has 2 aromatic carbocycles. The molecule has 4 aromatic rings. The van der Waals surface area contributed by atoms with Gasteiger partial charge in [-0.3, -0.25) is 4.57 Å². The number of hydrogen-bond donors (Lipinski definition) is 0. The first-order chi connectivity index (χ1) is 14.1. The minimum Gasteiger partial charge on any atom is -0.338 e. The van der Waals surface area contributed by atoms with Gasteiger partial charge in [0.05, 0.1) is 5.75 Å². The van der Waals surface area contributed by atoms with Crippen LogP contribution in [0.3, 0.4) is 0 Å². The molecule has 2 aromatic heterocycles. The summed E-state index contributed by atoms with van der Waals surface area (Å²) in [6.45, 7) is 6.46. The fourth-order valence-electron chi connectivity index (χ4n) is 2.84. The highest BCUT2D eigenvalue weighted by atomic mass is 35.5. The first-order valence-electron chi connectivity index (χ1n) is 8.96. The van der Waals surface area contributed by atoms with E-state index in [2.05, 4.69) is 26.9 Å². The van der Waals surface area contributed by atoms with E-state index in [1.165, 1.54) is 11.8 Å². The van der Waals surface area contributed by atoms with Gasteiger partial charge in [-0.15, -0.1) is 16.8 Å². The molecule has 8 heteroatoms. The lowest BCUT2D eigenvalue weighted by Gasteiger charge is -2.07. The zero-order valence-corrected chi connectivity index (χ0v) is 17.3. The van der Waals surface area contributed by atoms with Crippen molar-refractivity contribution in [1.29, 1.82) is 0 Å². The Bertz CT molecular complexity index is 1140. The minimum absolute atomic E-state index is 0.495. The Morgan fingerprint density at radius 3 is 2.72 bits per heavy atom. The third-order valence-electron chi connectivity index (χ3n) is 4.20. The summed E-state index contributed by atoms with van der Waals surface area (Å²) in [5.41, 5.74) is 3.02. The molecule has 6 nitrogen and oxygen atoms in total. The smallest absolute Gasteiger partial charge is 0.237 e. The summed E-state index contributed by atoms with van der Waals surface area (Å²) < 4.78 is 7.41. The summed E-state index contributed by atoms with van der Waals surface area (Å²) in [6, 6.07) is 15.5. The van der Waals surface area contributed by atoms with Gasteiger partial charge >= 0.3 is 0 Å². The summed E-state index contributed by atoms with van der Waals surface area (Å²) in [5.74, 6) is 2.37. The SMILES string of the molecule is C=CCn1c(SCc2nc(-c3cccc(C)c3)no2)nnc1-c1ccc(Cl)cc1. The third-order valence-corrected chi connectivity index (χ3v) is 5.40. The molecule has 0 saturated carbocycles. The standard InChI is InChI=1S/C21H18ClN5OS/c1-3-11-27-20(15-7-9-17(22)10-8-15)24-25-21(27)29-13-18-23-19(26-28-18)16-6-4-5-14(2)12-16/h3-10,12H,1,11,13H2,2H3. The van der Waals surface area contributed by atoms with Gasteiger partial charge < -0.3 is 4.52 Å². The number of thioether (sulfide) groups is 1. The molecule has 0 amide bonds. The van der Waals surface area contributed by atoms with Crippen LogP contribution in [0.1, 0.15) is 11.5 Å². The highest BCUT2D eigenvalue weighted by Crippen LogP contribution is 2.27. The molecule has 0 atom stereocenters. The molecule has 0 unspecified atom stereocenters. The number of aromatic nitrogens is 5. The molecule has 0 aliphatic rings. The molecule has 29 heavy (non-hydrogen) atoms. The van der Waals surface area contributed by atoms with Crippen molar-refractivity contribution in [2.24, 2.45) is 0 Å². The van der Waals surface area contributed by atoms with Crippen molar-refractivity contribution in [3.05, 3.63) is 77.7 Å². The van der Waals surface area contributed by atoms with Crippen LogP contribution in [0.25, 0.3) is 22.8 Å². The molecule has 0 saturated heterocycles. The molecule has 2 heterocycles. The average molecular weight is 424 g/mol. The number of rotatable bonds is 7. The lowest BCUT2D eigenvalue weighted by Crippen LogP contribution is -2.00. The predicted octanol–water partition coefficient (Wildman–Crippen LogP) is 5.44. The van der Waals surface area contributed by atoms with Crippen molar-refractivity contribution in [3.8, 4) is 22.8 Å². The van der Waals surface area contributed by atoms with E-state index in [9.17, 15) is 0 Å². The summed E-state index contributed by atoms with van der Waals surface area (Å²) in [7, 11) is 0. The third kappa shape index (κ3) is 4.41. The Morgan fingerprint density at radius 2 is 1.97 bits per heavy atom. The lowest BCUT2D eigenvalue weighted by atomic mass is 10.1. The first-order valence-corrected chi connectivity index (χ1v) is 10.3. The maximum absolute atomic E-state index is 5.99. The van der Waals surface area contributed by atoms with Gasteiger partial charge in [0.1, 0.15) is 0 Å². The molecular formula is C21H18ClN5OS. The van der Waals surface area contributed by atoms with Crippen molar-refractivity contribution < 1.29 is 4.52 Å². The molecule has 0 aliphatic heterocycles. The lowest BCUT2D eigenvalue weighted by molar-refractivity contribution is 0.391. The molecule has 0 spiro atoms. The van der Waals surface area contributed by atoms with E-state index in [4.69, 9.17) is 16.1 Å². The van der Waals surface area contributed by atoms with E-state index in [-0.39, 0.29) is 0 Å². The van der Waals surface area contributed by atoms with Crippen LogP contribution in [0.5, 0.6) is 0 Å².